The second-order valence-electron chi connectivity index (χ2n) is 9.52. The Morgan fingerprint density at radius 2 is 1.36 bits per heavy atom. The van der Waals surface area contributed by atoms with Crippen LogP contribution in [-0.4, -0.2) is 14.0 Å². The molecular formula is C31H30Cl2OSiZr. The second-order valence-corrected chi connectivity index (χ2v) is 30.8. The minimum Gasteiger partial charge on any atom is -0.147 e. The molecular weight excluding hydrogens is 579 g/mol. The summed E-state index contributed by atoms with van der Waals surface area (Å²) in [5.74, 6) is 0.982. The molecule has 0 aliphatic heterocycles. The van der Waals surface area contributed by atoms with Crippen molar-refractivity contribution in [2.45, 2.75) is 12.8 Å². The van der Waals surface area contributed by atoms with Gasteiger partial charge in [-0.15, -0.1) is 24.8 Å². The Bertz CT molecular complexity index is 1500. The van der Waals surface area contributed by atoms with E-state index in [0.29, 0.717) is 0 Å². The molecule has 0 aromatic heterocycles. The minimum atomic E-state index is -4.26. The van der Waals surface area contributed by atoms with Crippen LogP contribution in [0, 0.1) is 0 Å². The molecule has 0 atom stereocenters. The van der Waals surface area contributed by atoms with Gasteiger partial charge in [0.15, 0.2) is 0 Å². The van der Waals surface area contributed by atoms with Gasteiger partial charge in [0.25, 0.3) is 0 Å². The van der Waals surface area contributed by atoms with Crippen LogP contribution >= 0.6 is 24.8 Å². The van der Waals surface area contributed by atoms with Crippen molar-refractivity contribution in [1.82, 2.24) is 0 Å². The van der Waals surface area contributed by atoms with E-state index in [4.69, 9.17) is 4.74 Å². The summed E-state index contributed by atoms with van der Waals surface area (Å²) in [6.07, 6.45) is 9.01. The van der Waals surface area contributed by atoms with Crippen LogP contribution in [0.15, 0.2) is 119 Å². The van der Waals surface area contributed by atoms with Gasteiger partial charge >= 0.3 is 205 Å². The fraction of sp³-hybridized carbons (Fsp3) is 0.0968. The van der Waals surface area contributed by atoms with E-state index in [9.17, 15) is 0 Å². The third kappa shape index (κ3) is 3.67. The Morgan fingerprint density at radius 3 is 1.94 bits per heavy atom. The molecule has 1 nitrogen and oxygen atoms in total. The van der Waals surface area contributed by atoms with E-state index in [1.807, 2.05) is 0 Å². The van der Waals surface area contributed by atoms with Crippen LogP contribution in [-0.2, 0) is 23.8 Å². The molecule has 0 unspecified atom stereocenters. The van der Waals surface area contributed by atoms with Crippen molar-refractivity contribution in [1.29, 1.82) is 0 Å². The Kier molecular flexibility index (Phi) is 7.70. The molecule has 2 aliphatic carbocycles. The number of hydrogen-bond donors (Lipinski definition) is 0. The van der Waals surface area contributed by atoms with Crippen molar-refractivity contribution >= 4 is 41.5 Å². The SMILES string of the molecule is COc1cc[c]([Zr](=[SiH2])([C]2=CC=CC2)([c]2ccccc2)[c]2ccccc2)c2c1-c1ccccc1C2.Cl.Cl. The van der Waals surface area contributed by atoms with Gasteiger partial charge in [-0.2, -0.15) is 0 Å². The van der Waals surface area contributed by atoms with Crippen molar-refractivity contribution < 1.29 is 22.1 Å². The molecule has 0 heterocycles. The number of benzene rings is 4. The van der Waals surface area contributed by atoms with Crippen LogP contribution in [0.3, 0.4) is 0 Å². The van der Waals surface area contributed by atoms with E-state index in [0.717, 1.165) is 18.6 Å². The predicted octanol–water partition coefficient (Wildman–Crippen LogP) is 5.47. The van der Waals surface area contributed by atoms with Gasteiger partial charge in [0.05, 0.1) is 0 Å². The largest absolute Gasteiger partial charge is 0.147 e. The van der Waals surface area contributed by atoms with E-state index >= 15 is 0 Å². The first-order valence-electron chi connectivity index (χ1n) is 11.9. The molecule has 0 N–H and O–H groups in total. The van der Waals surface area contributed by atoms with Crippen LogP contribution in [0.1, 0.15) is 17.5 Å². The fourth-order valence-electron chi connectivity index (χ4n) is 6.39. The van der Waals surface area contributed by atoms with Crippen molar-refractivity contribution in [3.8, 4) is 16.9 Å². The maximum atomic E-state index is 5.95. The zero-order valence-electron chi connectivity index (χ0n) is 20.3. The number of fused-ring (bicyclic) bond motifs is 3. The average Bonchev–Trinajstić information content (AvgIpc) is 3.58. The topological polar surface area (TPSA) is 9.23 Å². The molecule has 4 aromatic rings. The third-order valence-corrected chi connectivity index (χ3v) is 34.2. The van der Waals surface area contributed by atoms with Crippen LogP contribution in [0.5, 0.6) is 5.75 Å². The molecule has 6 rings (SSSR count). The van der Waals surface area contributed by atoms with Crippen LogP contribution < -0.4 is 14.6 Å². The quantitative estimate of drug-likeness (QED) is 0.241. The smallest absolute Gasteiger partial charge is 0.147 e. The number of ether oxygens (including phenoxy) is 1. The summed E-state index contributed by atoms with van der Waals surface area (Å²) < 4.78 is 12.1. The zero-order chi connectivity index (χ0) is 23.2. The number of halogens is 2. The summed E-state index contributed by atoms with van der Waals surface area (Å²) in [5, 5.41) is 0. The molecule has 0 amide bonds. The van der Waals surface area contributed by atoms with E-state index < -0.39 is 17.4 Å². The summed E-state index contributed by atoms with van der Waals surface area (Å²) in [4.78, 5) is 0. The van der Waals surface area contributed by atoms with Crippen molar-refractivity contribution in [3.05, 3.63) is 130 Å². The van der Waals surface area contributed by atoms with Gasteiger partial charge in [0.2, 0.25) is 0 Å². The van der Waals surface area contributed by atoms with Gasteiger partial charge in [0, 0.05) is 0 Å². The molecule has 36 heavy (non-hydrogen) atoms. The standard InChI is InChI=1S/C14H11O.2C6H5.C5H5.2ClH.H2Si.Zr/c1-15-13-8-4-6-11-9-10-5-2-3-7-12(10)14(11)13;2*1-2-4-6-5-3-1;1-2-4-5-3-1;;;;/h2-5,7-8H,9H2,1H3;2*1-5H;1-3H,4H2;2*1H;1H2;. The number of hydrogen-bond acceptors (Lipinski definition) is 1. The van der Waals surface area contributed by atoms with Crippen molar-refractivity contribution in [2.75, 3.05) is 7.11 Å². The van der Waals surface area contributed by atoms with Gasteiger partial charge in [0.1, 0.15) is 0 Å². The van der Waals surface area contributed by atoms with Crippen LogP contribution in [0.2, 0.25) is 0 Å². The first-order chi connectivity index (χ1) is 16.7. The van der Waals surface area contributed by atoms with Gasteiger partial charge in [-0.3, -0.25) is 0 Å². The van der Waals surface area contributed by atoms with Crippen LogP contribution in [0.4, 0.5) is 0 Å². The van der Waals surface area contributed by atoms with E-state index in [1.165, 1.54) is 28.8 Å². The summed E-state index contributed by atoms with van der Waals surface area (Å²) >= 11 is -4.26. The third-order valence-electron chi connectivity index (χ3n) is 8.04. The Labute approximate surface area is 228 Å². The predicted molar refractivity (Wildman–Crippen MR) is 158 cm³/mol. The van der Waals surface area contributed by atoms with Crippen molar-refractivity contribution in [3.63, 3.8) is 0 Å². The summed E-state index contributed by atoms with van der Waals surface area (Å²) in [6.45, 7) is 2.34. The molecule has 0 saturated carbocycles. The van der Waals surface area contributed by atoms with E-state index in [1.54, 1.807) is 13.7 Å². The van der Waals surface area contributed by atoms with Gasteiger partial charge in [-0.05, 0) is 0 Å². The van der Waals surface area contributed by atoms with Gasteiger partial charge in [-0.1, -0.05) is 0 Å². The Morgan fingerprint density at radius 1 is 0.750 bits per heavy atom. The first kappa shape index (κ1) is 26.9. The Hall–Kier alpha value is -2.16. The second kappa shape index (κ2) is 10.3. The minimum absolute atomic E-state index is 0. The Balaban J connectivity index is 0.00000152. The van der Waals surface area contributed by atoms with Crippen molar-refractivity contribution in [2.24, 2.45) is 0 Å². The average molecular weight is 609 g/mol. The molecule has 2 aliphatic rings. The summed E-state index contributed by atoms with van der Waals surface area (Å²) in [7, 11) is 1.80. The number of rotatable bonds is 5. The number of methoxy groups -OCH3 is 1. The van der Waals surface area contributed by atoms with Gasteiger partial charge < -0.3 is 0 Å². The molecule has 182 valence electrons. The fourth-order valence-corrected chi connectivity index (χ4v) is 28.1. The molecule has 0 spiro atoms. The maximum absolute atomic E-state index is 5.95. The first-order valence-corrected chi connectivity index (χ1v) is 22.8. The monoisotopic (exact) mass is 606 g/mol. The zero-order valence-corrected chi connectivity index (χ0v) is 25.8. The molecule has 0 radical (unpaired) electrons. The summed E-state index contributed by atoms with van der Waals surface area (Å²) in [6, 6.07) is 36.3. The van der Waals surface area contributed by atoms with E-state index in [-0.39, 0.29) is 24.8 Å². The molecule has 0 saturated heterocycles. The van der Waals surface area contributed by atoms with E-state index in [2.05, 4.69) is 122 Å². The molecule has 5 heteroatoms. The normalized spacial score (nSPS) is 13.7. The summed E-state index contributed by atoms with van der Waals surface area (Å²) in [5.41, 5.74) is 5.47. The molecule has 0 bridgehead atoms. The molecule has 0 fully saturated rings. The molecule has 4 aromatic carbocycles. The number of allylic oxidation sites excluding steroid dienone is 4. The van der Waals surface area contributed by atoms with Gasteiger partial charge in [-0.25, -0.2) is 0 Å². The van der Waals surface area contributed by atoms with Crippen LogP contribution in [0.25, 0.3) is 11.1 Å². The maximum Gasteiger partial charge on any atom is -0.147 e.